The lowest BCUT2D eigenvalue weighted by atomic mass is 10.2. The van der Waals surface area contributed by atoms with E-state index in [2.05, 4.69) is 15.6 Å². The van der Waals surface area contributed by atoms with Gasteiger partial charge < -0.3 is 10.2 Å². The minimum Gasteiger partial charge on any atom is -0.337 e. The highest BCUT2D eigenvalue weighted by atomic mass is 35.5. The van der Waals surface area contributed by atoms with Gasteiger partial charge in [-0.05, 0) is 12.8 Å². The Bertz CT molecular complexity index is 397. The number of nitrogens with one attached hydrogen (secondary N) is 1. The number of hydrogen-bond donors (Lipinski definition) is 1. The predicted molar refractivity (Wildman–Crippen MR) is 64.3 cm³/mol. The van der Waals surface area contributed by atoms with Crippen LogP contribution < -0.4 is 5.32 Å². The molecule has 0 unspecified atom stereocenters. The molecule has 0 aliphatic carbocycles. The number of rotatable bonds is 2. The third-order valence-corrected chi connectivity index (χ3v) is 3.26. The standard InChI is InChI=1S/C10H15N5O.ClH/c16-10(14-3-1-2-4-14)9-7-15(13-12-9)8-5-11-6-8;/h7-8,11H,1-6H2;1H. The molecule has 0 saturated carbocycles. The van der Waals surface area contributed by atoms with E-state index in [-0.39, 0.29) is 18.3 Å². The molecule has 1 aromatic rings. The van der Waals surface area contributed by atoms with Gasteiger partial charge in [-0.2, -0.15) is 0 Å². The van der Waals surface area contributed by atoms with E-state index in [1.54, 1.807) is 10.9 Å². The first-order chi connectivity index (χ1) is 7.84. The molecule has 0 atom stereocenters. The average molecular weight is 258 g/mol. The van der Waals surface area contributed by atoms with Crippen LogP contribution in [0.4, 0.5) is 0 Å². The van der Waals surface area contributed by atoms with Gasteiger partial charge in [-0.25, -0.2) is 4.68 Å². The largest absolute Gasteiger partial charge is 0.337 e. The Kier molecular flexibility index (Phi) is 3.63. The summed E-state index contributed by atoms with van der Waals surface area (Å²) in [6.45, 7) is 3.55. The van der Waals surface area contributed by atoms with E-state index in [4.69, 9.17) is 0 Å². The van der Waals surface area contributed by atoms with E-state index >= 15 is 0 Å². The number of carbonyl (C=O) groups is 1. The van der Waals surface area contributed by atoms with Crippen LogP contribution in [-0.2, 0) is 0 Å². The number of amides is 1. The second kappa shape index (κ2) is 5.01. The molecule has 7 heteroatoms. The lowest BCUT2D eigenvalue weighted by Crippen LogP contribution is -2.43. The lowest BCUT2D eigenvalue weighted by Gasteiger charge is -2.26. The fourth-order valence-electron chi connectivity index (χ4n) is 2.10. The van der Waals surface area contributed by atoms with E-state index < -0.39 is 0 Å². The molecule has 17 heavy (non-hydrogen) atoms. The van der Waals surface area contributed by atoms with Gasteiger partial charge in [0.25, 0.3) is 5.91 Å². The predicted octanol–water partition coefficient (Wildman–Crippen LogP) is 0.0802. The fourth-order valence-corrected chi connectivity index (χ4v) is 2.10. The van der Waals surface area contributed by atoms with Crippen LogP contribution in [0.1, 0.15) is 29.4 Å². The molecule has 2 aliphatic heterocycles. The molecule has 1 aromatic heterocycles. The summed E-state index contributed by atoms with van der Waals surface area (Å²) in [5.74, 6) is 0.0241. The highest BCUT2D eigenvalue weighted by Gasteiger charge is 2.25. The van der Waals surface area contributed by atoms with Crippen molar-refractivity contribution in [2.45, 2.75) is 18.9 Å². The van der Waals surface area contributed by atoms with Crippen molar-refractivity contribution < 1.29 is 4.79 Å². The molecule has 6 nitrogen and oxygen atoms in total. The lowest BCUT2D eigenvalue weighted by molar-refractivity contribution is 0.0787. The van der Waals surface area contributed by atoms with Crippen LogP contribution in [0.25, 0.3) is 0 Å². The molecule has 1 N–H and O–H groups in total. The van der Waals surface area contributed by atoms with Crippen molar-refractivity contribution in [3.05, 3.63) is 11.9 Å². The maximum absolute atomic E-state index is 12.0. The first-order valence-electron chi connectivity index (χ1n) is 5.76. The number of nitrogens with zero attached hydrogens (tertiary/aromatic N) is 4. The highest BCUT2D eigenvalue weighted by Crippen LogP contribution is 2.13. The Morgan fingerprint density at radius 1 is 1.35 bits per heavy atom. The van der Waals surface area contributed by atoms with Crippen molar-refractivity contribution in [1.82, 2.24) is 25.2 Å². The van der Waals surface area contributed by atoms with Crippen molar-refractivity contribution in [1.29, 1.82) is 0 Å². The van der Waals surface area contributed by atoms with Gasteiger partial charge in [-0.3, -0.25) is 4.79 Å². The minimum atomic E-state index is 0. The maximum Gasteiger partial charge on any atom is 0.276 e. The molecule has 2 aliphatic rings. The molecule has 3 heterocycles. The average Bonchev–Trinajstić information content (AvgIpc) is 2.84. The summed E-state index contributed by atoms with van der Waals surface area (Å²) in [4.78, 5) is 13.8. The van der Waals surface area contributed by atoms with Gasteiger partial charge in [0, 0.05) is 26.2 Å². The number of carbonyl (C=O) groups excluding carboxylic acids is 1. The van der Waals surface area contributed by atoms with Crippen molar-refractivity contribution in [2.24, 2.45) is 0 Å². The van der Waals surface area contributed by atoms with Gasteiger partial charge in [0.05, 0.1) is 12.2 Å². The Morgan fingerprint density at radius 2 is 2.06 bits per heavy atom. The number of hydrogen-bond acceptors (Lipinski definition) is 4. The van der Waals surface area contributed by atoms with Crippen LogP contribution in [0.3, 0.4) is 0 Å². The Labute approximate surface area is 106 Å². The molecule has 0 spiro atoms. The van der Waals surface area contributed by atoms with Crippen molar-refractivity contribution >= 4 is 18.3 Å². The molecule has 3 rings (SSSR count). The summed E-state index contributed by atoms with van der Waals surface area (Å²) in [6.07, 6.45) is 3.98. The quantitative estimate of drug-likeness (QED) is 0.815. The minimum absolute atomic E-state index is 0. The molecule has 2 fully saturated rings. The van der Waals surface area contributed by atoms with E-state index in [1.165, 1.54) is 0 Å². The Morgan fingerprint density at radius 3 is 2.65 bits per heavy atom. The maximum atomic E-state index is 12.0. The monoisotopic (exact) mass is 257 g/mol. The van der Waals surface area contributed by atoms with Crippen LogP contribution in [0, 0.1) is 0 Å². The molecule has 0 radical (unpaired) electrons. The van der Waals surface area contributed by atoms with E-state index in [9.17, 15) is 4.79 Å². The topological polar surface area (TPSA) is 63.1 Å². The number of halogens is 1. The number of likely N-dealkylation sites (tertiary alicyclic amines) is 1. The van der Waals surface area contributed by atoms with Crippen LogP contribution in [0.5, 0.6) is 0 Å². The highest BCUT2D eigenvalue weighted by molar-refractivity contribution is 5.92. The van der Waals surface area contributed by atoms with Crippen molar-refractivity contribution in [2.75, 3.05) is 26.2 Å². The summed E-state index contributed by atoms with van der Waals surface area (Å²) < 4.78 is 1.79. The normalized spacial score (nSPS) is 19.9. The van der Waals surface area contributed by atoms with Gasteiger partial charge in [-0.15, -0.1) is 17.5 Å². The zero-order valence-corrected chi connectivity index (χ0v) is 10.3. The SMILES string of the molecule is Cl.O=C(c1cn(C2CNC2)nn1)N1CCCC1. The fraction of sp³-hybridized carbons (Fsp3) is 0.700. The van der Waals surface area contributed by atoms with Gasteiger partial charge in [0.1, 0.15) is 0 Å². The summed E-state index contributed by atoms with van der Waals surface area (Å²) in [5, 5.41) is 11.1. The summed E-state index contributed by atoms with van der Waals surface area (Å²) in [7, 11) is 0. The van der Waals surface area contributed by atoms with Crippen LogP contribution >= 0.6 is 12.4 Å². The van der Waals surface area contributed by atoms with Crippen LogP contribution in [0.2, 0.25) is 0 Å². The van der Waals surface area contributed by atoms with E-state index in [0.717, 1.165) is 39.0 Å². The molecular weight excluding hydrogens is 242 g/mol. The molecule has 94 valence electrons. The second-order valence-corrected chi connectivity index (χ2v) is 4.40. The second-order valence-electron chi connectivity index (χ2n) is 4.40. The van der Waals surface area contributed by atoms with E-state index in [0.29, 0.717) is 11.7 Å². The van der Waals surface area contributed by atoms with Crippen LogP contribution in [0.15, 0.2) is 6.20 Å². The summed E-state index contributed by atoms with van der Waals surface area (Å²) in [6, 6.07) is 0.368. The van der Waals surface area contributed by atoms with Crippen LogP contribution in [-0.4, -0.2) is 52.0 Å². The third kappa shape index (κ3) is 2.28. The Hall–Kier alpha value is -1.14. The van der Waals surface area contributed by atoms with Gasteiger partial charge in [0.15, 0.2) is 5.69 Å². The van der Waals surface area contributed by atoms with Crippen molar-refractivity contribution in [3.8, 4) is 0 Å². The molecule has 1 amide bonds. The smallest absolute Gasteiger partial charge is 0.276 e. The van der Waals surface area contributed by atoms with Gasteiger partial charge >= 0.3 is 0 Å². The molecular formula is C10H16ClN5O. The molecule has 0 bridgehead atoms. The summed E-state index contributed by atoms with van der Waals surface area (Å²) in [5.41, 5.74) is 0.480. The van der Waals surface area contributed by atoms with E-state index in [1.807, 2.05) is 4.90 Å². The zero-order valence-electron chi connectivity index (χ0n) is 9.50. The first kappa shape index (κ1) is 12.3. The van der Waals surface area contributed by atoms with Crippen molar-refractivity contribution in [3.63, 3.8) is 0 Å². The summed E-state index contributed by atoms with van der Waals surface area (Å²) >= 11 is 0. The molecule has 0 aromatic carbocycles. The molecule has 2 saturated heterocycles. The third-order valence-electron chi connectivity index (χ3n) is 3.26. The first-order valence-corrected chi connectivity index (χ1v) is 5.76. The zero-order chi connectivity index (χ0) is 11.0. The van der Waals surface area contributed by atoms with Gasteiger partial charge in [0.2, 0.25) is 0 Å². The van der Waals surface area contributed by atoms with Gasteiger partial charge in [-0.1, -0.05) is 5.21 Å². The Balaban J connectivity index is 0.00000108. The number of aromatic nitrogens is 3.